The molecule has 0 aliphatic carbocycles. The van der Waals surface area contributed by atoms with Crippen molar-refractivity contribution in [2.75, 3.05) is 24.6 Å². The first-order chi connectivity index (χ1) is 20.0. The van der Waals surface area contributed by atoms with Crippen LogP contribution in [0.15, 0.2) is 77.7 Å². The van der Waals surface area contributed by atoms with Crippen molar-refractivity contribution in [3.63, 3.8) is 0 Å². The molecule has 3 aromatic carbocycles. The van der Waals surface area contributed by atoms with Crippen molar-refractivity contribution in [1.82, 2.24) is 10.2 Å². The summed E-state index contributed by atoms with van der Waals surface area (Å²) in [5.41, 5.74) is 0.985. The molecule has 3 aromatic rings. The molecule has 0 radical (unpaired) electrons. The first-order valence-electron chi connectivity index (χ1n) is 13.7. The summed E-state index contributed by atoms with van der Waals surface area (Å²) in [4.78, 5) is 28.6. The van der Waals surface area contributed by atoms with Crippen LogP contribution in [0.3, 0.4) is 0 Å². The molecule has 0 spiro atoms. The Bertz CT molecular complexity index is 1450. The Morgan fingerprint density at radius 3 is 2.21 bits per heavy atom. The van der Waals surface area contributed by atoms with Crippen LogP contribution in [0.4, 0.5) is 5.69 Å². The zero-order valence-electron chi connectivity index (χ0n) is 24.5. The number of anilines is 1. The predicted molar refractivity (Wildman–Crippen MR) is 164 cm³/mol. The maximum atomic E-state index is 14.1. The lowest BCUT2D eigenvalue weighted by Gasteiger charge is -2.32. The number of amides is 2. The van der Waals surface area contributed by atoms with Crippen molar-refractivity contribution in [3.05, 3.63) is 83.4 Å². The fourth-order valence-corrected chi connectivity index (χ4v) is 5.69. The van der Waals surface area contributed by atoms with Gasteiger partial charge in [-0.1, -0.05) is 30.7 Å². The maximum absolute atomic E-state index is 14.1. The molecule has 0 saturated heterocycles. The molecular weight excluding hydrogens is 578 g/mol. The second-order valence-corrected chi connectivity index (χ2v) is 12.1. The SMILES string of the molecule is CCOc1ccc(N(CC(=O)N(Cc2cccc(OC)c2)[C@@H](C)C(=O)N[C@H](C)CC)S(=O)(=O)c2ccc(Cl)cc2)cc1. The smallest absolute Gasteiger partial charge is 0.264 e. The lowest BCUT2D eigenvalue weighted by atomic mass is 10.1. The van der Waals surface area contributed by atoms with Gasteiger partial charge in [0.2, 0.25) is 11.8 Å². The summed E-state index contributed by atoms with van der Waals surface area (Å²) in [6.45, 7) is 7.26. The highest BCUT2D eigenvalue weighted by atomic mass is 35.5. The van der Waals surface area contributed by atoms with Crippen molar-refractivity contribution in [2.24, 2.45) is 0 Å². The van der Waals surface area contributed by atoms with E-state index < -0.39 is 28.5 Å². The molecule has 2 atom stereocenters. The van der Waals surface area contributed by atoms with Crippen LogP contribution in [0.25, 0.3) is 0 Å². The third kappa shape index (κ3) is 8.39. The minimum Gasteiger partial charge on any atom is -0.497 e. The highest BCUT2D eigenvalue weighted by Crippen LogP contribution is 2.27. The Balaban J connectivity index is 2.04. The summed E-state index contributed by atoms with van der Waals surface area (Å²) in [7, 11) is -2.67. The summed E-state index contributed by atoms with van der Waals surface area (Å²) < 4.78 is 39.7. The van der Waals surface area contributed by atoms with E-state index in [4.69, 9.17) is 21.1 Å². The fourth-order valence-electron chi connectivity index (χ4n) is 4.15. The van der Waals surface area contributed by atoms with E-state index in [9.17, 15) is 18.0 Å². The van der Waals surface area contributed by atoms with Gasteiger partial charge in [0, 0.05) is 17.6 Å². The van der Waals surface area contributed by atoms with Crippen LogP contribution >= 0.6 is 11.6 Å². The van der Waals surface area contributed by atoms with E-state index in [-0.39, 0.29) is 29.1 Å². The number of nitrogens with one attached hydrogen (secondary N) is 1. The number of carbonyl (C=O) groups excluding carboxylic acids is 2. The maximum Gasteiger partial charge on any atom is 0.264 e. The predicted octanol–water partition coefficient (Wildman–Crippen LogP) is 5.27. The van der Waals surface area contributed by atoms with Gasteiger partial charge in [-0.05, 0) is 93.4 Å². The fraction of sp³-hybridized carbons (Fsp3) is 0.355. The number of halogens is 1. The summed E-state index contributed by atoms with van der Waals surface area (Å²) in [6, 6.07) is 18.3. The number of hydrogen-bond donors (Lipinski definition) is 1. The third-order valence-corrected chi connectivity index (χ3v) is 8.81. The number of carbonyl (C=O) groups is 2. The Morgan fingerprint density at radius 2 is 1.62 bits per heavy atom. The van der Waals surface area contributed by atoms with Gasteiger partial charge in [-0.2, -0.15) is 0 Å². The third-order valence-electron chi connectivity index (χ3n) is 6.77. The lowest BCUT2D eigenvalue weighted by Crippen LogP contribution is -2.52. The molecule has 0 aromatic heterocycles. The largest absolute Gasteiger partial charge is 0.497 e. The van der Waals surface area contributed by atoms with Gasteiger partial charge < -0.3 is 19.7 Å². The molecule has 0 bridgehead atoms. The number of nitrogens with zero attached hydrogens (tertiary/aromatic N) is 2. The first kappa shape index (κ1) is 32.8. The number of hydrogen-bond acceptors (Lipinski definition) is 6. The molecule has 9 nitrogen and oxygen atoms in total. The van der Waals surface area contributed by atoms with Crippen LogP contribution in [0.5, 0.6) is 11.5 Å². The molecule has 3 rings (SSSR count). The van der Waals surface area contributed by atoms with Crippen LogP contribution in [0.2, 0.25) is 5.02 Å². The van der Waals surface area contributed by atoms with E-state index in [0.717, 1.165) is 9.87 Å². The molecule has 226 valence electrons. The van der Waals surface area contributed by atoms with Crippen LogP contribution in [0, 0.1) is 0 Å². The van der Waals surface area contributed by atoms with Crippen LogP contribution < -0.4 is 19.1 Å². The zero-order chi connectivity index (χ0) is 30.9. The van der Waals surface area contributed by atoms with E-state index in [1.807, 2.05) is 26.8 Å². The molecule has 0 heterocycles. The highest BCUT2D eigenvalue weighted by molar-refractivity contribution is 7.92. The number of rotatable bonds is 14. The lowest BCUT2D eigenvalue weighted by molar-refractivity contribution is -0.139. The second-order valence-electron chi connectivity index (χ2n) is 9.76. The zero-order valence-corrected chi connectivity index (χ0v) is 26.1. The van der Waals surface area contributed by atoms with Gasteiger partial charge in [0.1, 0.15) is 24.1 Å². The van der Waals surface area contributed by atoms with Crippen molar-refractivity contribution in [2.45, 2.75) is 57.6 Å². The Morgan fingerprint density at radius 1 is 0.952 bits per heavy atom. The van der Waals surface area contributed by atoms with Crippen LogP contribution in [-0.4, -0.2) is 57.5 Å². The Hall–Kier alpha value is -3.76. The van der Waals surface area contributed by atoms with E-state index in [2.05, 4.69) is 5.32 Å². The van der Waals surface area contributed by atoms with Gasteiger partial charge in [-0.25, -0.2) is 8.42 Å². The standard InChI is InChI=1S/C31H38ClN3O6S/c1-6-22(3)33-31(37)23(4)34(20-24-9-8-10-28(19-24)40-5)30(36)21-35(26-13-15-27(16-14-26)41-7-2)42(38,39)29-17-11-25(32)12-18-29/h8-19,22-23H,6-7,20-21H2,1-5H3,(H,33,37)/t22-,23+/m1/s1. The molecule has 0 unspecified atom stereocenters. The normalized spacial score (nSPS) is 12.6. The first-order valence-corrected chi connectivity index (χ1v) is 15.6. The molecule has 42 heavy (non-hydrogen) atoms. The molecule has 2 amide bonds. The van der Waals surface area contributed by atoms with Gasteiger partial charge in [-0.15, -0.1) is 0 Å². The van der Waals surface area contributed by atoms with E-state index in [1.54, 1.807) is 56.5 Å². The van der Waals surface area contributed by atoms with Crippen LogP contribution in [0.1, 0.15) is 39.7 Å². The summed E-state index contributed by atoms with van der Waals surface area (Å²) in [5, 5.41) is 3.30. The summed E-state index contributed by atoms with van der Waals surface area (Å²) >= 11 is 6.01. The van der Waals surface area contributed by atoms with Crippen molar-refractivity contribution in [3.8, 4) is 11.5 Å². The molecular formula is C31H38ClN3O6S. The molecule has 0 aliphatic rings. The molecule has 1 N–H and O–H groups in total. The van der Waals surface area contributed by atoms with E-state index in [0.29, 0.717) is 29.5 Å². The monoisotopic (exact) mass is 615 g/mol. The van der Waals surface area contributed by atoms with Gasteiger partial charge in [0.25, 0.3) is 10.0 Å². The van der Waals surface area contributed by atoms with Gasteiger partial charge in [0.05, 0.1) is 24.3 Å². The van der Waals surface area contributed by atoms with E-state index >= 15 is 0 Å². The number of methoxy groups -OCH3 is 1. The average molecular weight is 616 g/mol. The van der Waals surface area contributed by atoms with Crippen LogP contribution in [-0.2, 0) is 26.2 Å². The number of ether oxygens (including phenoxy) is 2. The Labute approximate surface area is 253 Å². The minimum atomic E-state index is -4.21. The molecule has 0 aliphatic heterocycles. The highest BCUT2D eigenvalue weighted by Gasteiger charge is 2.33. The molecule has 11 heteroatoms. The van der Waals surface area contributed by atoms with Crippen molar-refractivity contribution < 1.29 is 27.5 Å². The number of sulfonamides is 1. The quantitative estimate of drug-likeness (QED) is 0.265. The minimum absolute atomic E-state index is 0.0320. The average Bonchev–Trinajstić information content (AvgIpc) is 2.99. The summed E-state index contributed by atoms with van der Waals surface area (Å²) in [6.07, 6.45) is 0.715. The molecule has 0 saturated carbocycles. The topological polar surface area (TPSA) is 105 Å². The number of benzene rings is 3. The van der Waals surface area contributed by atoms with Gasteiger partial charge in [-0.3, -0.25) is 13.9 Å². The summed E-state index contributed by atoms with van der Waals surface area (Å²) in [5.74, 6) is 0.258. The Kier molecular flexibility index (Phi) is 11.6. The van der Waals surface area contributed by atoms with Gasteiger partial charge in [0.15, 0.2) is 0 Å². The van der Waals surface area contributed by atoms with Crippen molar-refractivity contribution >= 4 is 39.1 Å². The van der Waals surface area contributed by atoms with E-state index in [1.165, 1.54) is 29.2 Å². The van der Waals surface area contributed by atoms with Crippen molar-refractivity contribution in [1.29, 1.82) is 0 Å². The molecule has 0 fully saturated rings. The second kappa shape index (κ2) is 14.9. The van der Waals surface area contributed by atoms with Gasteiger partial charge >= 0.3 is 0 Å².